The van der Waals surface area contributed by atoms with Crippen molar-refractivity contribution in [3.8, 4) is 0 Å². The lowest BCUT2D eigenvalue weighted by atomic mass is 10.1. The third-order valence-electron chi connectivity index (χ3n) is 5.93. The molecule has 0 radical (unpaired) electrons. The highest BCUT2D eigenvalue weighted by Crippen LogP contribution is 2.23. The molecule has 4 heterocycles. The monoisotopic (exact) mass is 383 g/mol. The molecule has 2 aromatic heterocycles. The van der Waals surface area contributed by atoms with Crippen molar-refractivity contribution < 1.29 is 4.79 Å². The van der Waals surface area contributed by atoms with E-state index in [9.17, 15) is 4.79 Å². The quantitative estimate of drug-likeness (QED) is 0.805. The minimum absolute atomic E-state index is 0.0828. The van der Waals surface area contributed by atoms with Crippen molar-refractivity contribution in [2.75, 3.05) is 49.1 Å². The van der Waals surface area contributed by atoms with Crippen molar-refractivity contribution in [1.29, 1.82) is 0 Å². The van der Waals surface area contributed by atoms with Gasteiger partial charge in [-0.15, -0.1) is 0 Å². The molecule has 8 nitrogen and oxygen atoms in total. The van der Waals surface area contributed by atoms with Crippen LogP contribution in [-0.4, -0.2) is 69.8 Å². The van der Waals surface area contributed by atoms with Gasteiger partial charge in [-0.3, -0.25) is 9.48 Å². The molecule has 28 heavy (non-hydrogen) atoms. The van der Waals surface area contributed by atoms with Crippen molar-refractivity contribution >= 4 is 17.5 Å². The summed E-state index contributed by atoms with van der Waals surface area (Å²) >= 11 is 0. The normalized spacial score (nSPS) is 17.9. The van der Waals surface area contributed by atoms with Gasteiger partial charge in [0.25, 0.3) is 5.91 Å². The topological polar surface area (TPSA) is 70.4 Å². The second-order valence-electron chi connectivity index (χ2n) is 7.73. The zero-order valence-electron chi connectivity index (χ0n) is 17.1. The van der Waals surface area contributed by atoms with Crippen LogP contribution in [0.15, 0.2) is 12.4 Å². The number of anilines is 2. The summed E-state index contributed by atoms with van der Waals surface area (Å²) in [6.07, 6.45) is 5.43. The number of hydrogen-bond acceptors (Lipinski definition) is 6. The molecular formula is C20H29N7O. The van der Waals surface area contributed by atoms with E-state index >= 15 is 0 Å². The summed E-state index contributed by atoms with van der Waals surface area (Å²) in [5.74, 6) is 2.06. The third-order valence-corrected chi connectivity index (χ3v) is 5.93. The molecule has 0 N–H and O–H groups in total. The van der Waals surface area contributed by atoms with Crippen LogP contribution in [0.25, 0.3) is 0 Å². The Bertz CT molecular complexity index is 848. The Morgan fingerprint density at radius 3 is 2.07 bits per heavy atom. The van der Waals surface area contributed by atoms with E-state index in [0.29, 0.717) is 13.1 Å². The first-order chi connectivity index (χ1) is 13.5. The van der Waals surface area contributed by atoms with Crippen molar-refractivity contribution in [2.45, 2.75) is 33.1 Å². The zero-order valence-corrected chi connectivity index (χ0v) is 17.1. The summed E-state index contributed by atoms with van der Waals surface area (Å²) in [6, 6.07) is 2.10. The largest absolute Gasteiger partial charge is 0.356 e. The molecule has 0 aliphatic carbocycles. The molecule has 2 saturated heterocycles. The van der Waals surface area contributed by atoms with Crippen molar-refractivity contribution in [3.63, 3.8) is 0 Å². The van der Waals surface area contributed by atoms with E-state index in [1.165, 1.54) is 19.3 Å². The molecule has 0 unspecified atom stereocenters. The highest BCUT2D eigenvalue weighted by Gasteiger charge is 2.27. The van der Waals surface area contributed by atoms with E-state index in [1.54, 1.807) is 11.0 Å². The Hall–Kier alpha value is -2.64. The fraction of sp³-hybridized carbons (Fsp3) is 0.600. The van der Waals surface area contributed by atoms with Gasteiger partial charge in [0.05, 0.1) is 11.3 Å². The van der Waals surface area contributed by atoms with Crippen LogP contribution in [0.2, 0.25) is 0 Å². The Labute approximate surface area is 166 Å². The van der Waals surface area contributed by atoms with Crippen LogP contribution in [0, 0.1) is 13.8 Å². The van der Waals surface area contributed by atoms with Crippen LogP contribution in [-0.2, 0) is 7.05 Å². The molecule has 4 rings (SSSR count). The number of carbonyl (C=O) groups is 1. The fourth-order valence-electron chi connectivity index (χ4n) is 4.19. The number of rotatable bonds is 3. The van der Waals surface area contributed by atoms with Gasteiger partial charge in [-0.25, -0.2) is 9.97 Å². The summed E-state index contributed by atoms with van der Waals surface area (Å²) in [4.78, 5) is 28.5. The predicted molar refractivity (Wildman–Crippen MR) is 109 cm³/mol. The first-order valence-electron chi connectivity index (χ1n) is 10.2. The summed E-state index contributed by atoms with van der Waals surface area (Å²) in [7, 11) is 1.88. The molecule has 2 aromatic rings. The van der Waals surface area contributed by atoms with Crippen LogP contribution >= 0.6 is 0 Å². The molecule has 0 saturated carbocycles. The number of aryl methyl sites for hydroxylation is 2. The van der Waals surface area contributed by atoms with E-state index in [4.69, 9.17) is 0 Å². The van der Waals surface area contributed by atoms with Gasteiger partial charge in [0, 0.05) is 58.1 Å². The molecule has 8 heteroatoms. The maximum atomic E-state index is 13.0. The Kier molecular flexibility index (Phi) is 5.19. The highest BCUT2D eigenvalue weighted by atomic mass is 16.2. The first kappa shape index (κ1) is 18.7. The van der Waals surface area contributed by atoms with Crippen molar-refractivity contribution in [3.05, 3.63) is 29.3 Å². The maximum absolute atomic E-state index is 13.0. The number of nitrogens with zero attached hydrogens (tertiary/aromatic N) is 7. The summed E-state index contributed by atoms with van der Waals surface area (Å²) in [6.45, 7) is 8.93. The summed E-state index contributed by atoms with van der Waals surface area (Å²) in [5, 5.41) is 4.38. The van der Waals surface area contributed by atoms with Crippen molar-refractivity contribution in [2.24, 2.45) is 7.05 Å². The average Bonchev–Trinajstić information content (AvgIpc) is 3.00. The van der Waals surface area contributed by atoms with E-state index < -0.39 is 0 Å². The van der Waals surface area contributed by atoms with E-state index in [0.717, 1.165) is 54.8 Å². The predicted octanol–water partition coefficient (Wildman–Crippen LogP) is 1.78. The number of piperazine rings is 1. The molecular weight excluding hydrogens is 354 g/mol. The van der Waals surface area contributed by atoms with Gasteiger partial charge in [0.1, 0.15) is 18.0 Å². The van der Waals surface area contributed by atoms with Gasteiger partial charge < -0.3 is 14.7 Å². The van der Waals surface area contributed by atoms with Gasteiger partial charge in [-0.2, -0.15) is 5.10 Å². The van der Waals surface area contributed by atoms with Crippen LogP contribution in [0.3, 0.4) is 0 Å². The Balaban J connectivity index is 1.42. The minimum Gasteiger partial charge on any atom is -0.356 e. The molecule has 2 aliphatic rings. The highest BCUT2D eigenvalue weighted by molar-refractivity contribution is 5.96. The number of amides is 1. The Morgan fingerprint density at radius 2 is 1.50 bits per heavy atom. The summed E-state index contributed by atoms with van der Waals surface area (Å²) < 4.78 is 1.78. The molecule has 150 valence electrons. The average molecular weight is 384 g/mol. The smallest absolute Gasteiger partial charge is 0.257 e. The lowest BCUT2D eigenvalue weighted by Gasteiger charge is -2.36. The van der Waals surface area contributed by atoms with Gasteiger partial charge >= 0.3 is 0 Å². The zero-order chi connectivity index (χ0) is 19.7. The van der Waals surface area contributed by atoms with Gasteiger partial charge in [-0.05, 0) is 33.1 Å². The van der Waals surface area contributed by atoms with Crippen molar-refractivity contribution in [1.82, 2.24) is 24.6 Å². The SMILES string of the molecule is Cc1nn(C)c(C)c1C(=O)N1CCN(c2cc(N3CCCCC3)ncn2)CC1. The van der Waals surface area contributed by atoms with Gasteiger partial charge in [-0.1, -0.05) is 0 Å². The van der Waals surface area contributed by atoms with Crippen LogP contribution in [0.5, 0.6) is 0 Å². The molecule has 0 aromatic carbocycles. The second kappa shape index (κ2) is 7.77. The lowest BCUT2D eigenvalue weighted by molar-refractivity contribution is 0.0745. The molecule has 0 spiro atoms. The molecule has 2 aliphatic heterocycles. The molecule has 0 atom stereocenters. The van der Waals surface area contributed by atoms with Crippen LogP contribution in [0.4, 0.5) is 11.6 Å². The molecule has 0 bridgehead atoms. The number of aromatic nitrogens is 4. The van der Waals surface area contributed by atoms with Gasteiger partial charge in [0.15, 0.2) is 0 Å². The molecule has 2 fully saturated rings. The molecule has 1 amide bonds. The minimum atomic E-state index is 0.0828. The maximum Gasteiger partial charge on any atom is 0.257 e. The fourth-order valence-corrected chi connectivity index (χ4v) is 4.19. The van der Waals surface area contributed by atoms with Gasteiger partial charge in [0.2, 0.25) is 0 Å². The number of carbonyl (C=O) groups excluding carboxylic acids is 1. The number of hydrogen-bond donors (Lipinski definition) is 0. The van der Waals surface area contributed by atoms with E-state index in [-0.39, 0.29) is 5.91 Å². The lowest BCUT2D eigenvalue weighted by Crippen LogP contribution is -2.49. The summed E-state index contributed by atoms with van der Waals surface area (Å²) in [5.41, 5.74) is 2.46. The standard InChI is InChI=1S/C20H29N7O/c1-15-19(16(2)24(3)23-15)20(28)27-11-9-26(10-12-27)18-13-17(21-14-22-18)25-7-5-4-6-8-25/h13-14H,4-12H2,1-3H3. The van der Waals surface area contributed by atoms with Crippen LogP contribution in [0.1, 0.15) is 41.0 Å². The Morgan fingerprint density at radius 1 is 0.893 bits per heavy atom. The van der Waals surface area contributed by atoms with E-state index in [2.05, 4.69) is 30.9 Å². The third kappa shape index (κ3) is 3.55. The second-order valence-corrected chi connectivity index (χ2v) is 7.73. The number of piperidine rings is 1. The van der Waals surface area contributed by atoms with Crippen LogP contribution < -0.4 is 9.80 Å². The first-order valence-corrected chi connectivity index (χ1v) is 10.2. The van der Waals surface area contributed by atoms with E-state index in [1.807, 2.05) is 25.8 Å².